The Hall–Kier alpha value is -2.14. The fraction of sp³-hybridized carbons (Fsp3) is 0.682. The van der Waals surface area contributed by atoms with E-state index in [9.17, 15) is 18.0 Å². The Morgan fingerprint density at radius 1 is 1.21 bits per heavy atom. The lowest BCUT2D eigenvalue weighted by Crippen LogP contribution is -2.51. The molecule has 2 aromatic rings. The molecule has 7 nitrogen and oxygen atoms in total. The minimum absolute atomic E-state index is 0.00919. The summed E-state index contributed by atoms with van der Waals surface area (Å²) in [7, 11) is 0. The van der Waals surface area contributed by atoms with Gasteiger partial charge in [0.2, 0.25) is 0 Å². The molecule has 0 bridgehead atoms. The summed E-state index contributed by atoms with van der Waals surface area (Å²) in [6, 6.07) is -0.0420. The van der Waals surface area contributed by atoms with Crippen LogP contribution in [0, 0.1) is 0 Å². The molecule has 182 valence electrons. The van der Waals surface area contributed by atoms with Crippen LogP contribution in [-0.2, 0) is 10.9 Å². The molecule has 4 rings (SSSR count). The van der Waals surface area contributed by atoms with Gasteiger partial charge in [0.1, 0.15) is 17.2 Å². The minimum Gasteiger partial charge on any atom is -0.444 e. The molecule has 1 N–H and O–H groups in total. The Bertz CT molecular complexity index is 1010. The highest BCUT2D eigenvalue weighted by atomic mass is 32.1. The van der Waals surface area contributed by atoms with Crippen LogP contribution in [0.4, 0.5) is 23.8 Å². The van der Waals surface area contributed by atoms with Crippen molar-refractivity contribution in [3.63, 3.8) is 0 Å². The predicted molar refractivity (Wildman–Crippen MR) is 122 cm³/mol. The lowest BCUT2D eigenvalue weighted by Gasteiger charge is -2.36. The van der Waals surface area contributed by atoms with Gasteiger partial charge >= 0.3 is 12.3 Å². The van der Waals surface area contributed by atoms with Gasteiger partial charge in [0, 0.05) is 50.1 Å². The Labute approximate surface area is 195 Å². The number of nitrogens with zero attached hydrogens (tertiary/aromatic N) is 4. The molecule has 1 aliphatic carbocycles. The number of carbonyl (C=O) groups is 1. The summed E-state index contributed by atoms with van der Waals surface area (Å²) in [5.74, 6) is 1.11. The van der Waals surface area contributed by atoms with Crippen LogP contribution >= 0.6 is 11.3 Å². The molecular formula is C22H30F3N5O2S. The number of hydrogen-bond acceptors (Lipinski definition) is 7. The van der Waals surface area contributed by atoms with Crippen LogP contribution in [0.2, 0.25) is 0 Å². The summed E-state index contributed by atoms with van der Waals surface area (Å²) in [6.45, 7) is 10.8. The van der Waals surface area contributed by atoms with Crippen LogP contribution < -0.4 is 5.32 Å². The van der Waals surface area contributed by atoms with Crippen LogP contribution in [0.15, 0.2) is 5.38 Å². The maximum atomic E-state index is 13.5. The third-order valence-electron chi connectivity index (χ3n) is 5.62. The molecule has 0 aromatic carbocycles. The molecule has 2 aliphatic rings. The topological polar surface area (TPSA) is 70.6 Å². The van der Waals surface area contributed by atoms with Crippen molar-refractivity contribution in [3.05, 3.63) is 16.8 Å². The second kappa shape index (κ2) is 8.90. The van der Waals surface area contributed by atoms with Gasteiger partial charge in [-0.1, -0.05) is 0 Å². The van der Waals surface area contributed by atoms with E-state index in [4.69, 9.17) is 4.74 Å². The number of thiophene rings is 1. The van der Waals surface area contributed by atoms with E-state index in [0.717, 1.165) is 29.6 Å². The molecule has 0 radical (unpaired) electrons. The number of halogens is 3. The second-order valence-corrected chi connectivity index (χ2v) is 10.7. The van der Waals surface area contributed by atoms with Gasteiger partial charge in [-0.15, -0.1) is 11.3 Å². The molecule has 3 heterocycles. The number of ether oxygens (including phenoxy) is 1. The van der Waals surface area contributed by atoms with Crippen LogP contribution in [0.1, 0.15) is 57.8 Å². The molecule has 1 amide bonds. The van der Waals surface area contributed by atoms with E-state index < -0.39 is 17.3 Å². The van der Waals surface area contributed by atoms with Gasteiger partial charge in [-0.2, -0.15) is 13.2 Å². The van der Waals surface area contributed by atoms with E-state index in [0.29, 0.717) is 49.1 Å². The fourth-order valence-corrected chi connectivity index (χ4v) is 4.83. The lowest BCUT2D eigenvalue weighted by atomic mass is 10.2. The van der Waals surface area contributed by atoms with E-state index in [1.807, 2.05) is 27.7 Å². The van der Waals surface area contributed by atoms with Gasteiger partial charge in [0.25, 0.3) is 0 Å². The molecular weight excluding hydrogens is 455 g/mol. The first kappa shape index (κ1) is 24.0. The van der Waals surface area contributed by atoms with E-state index in [-0.39, 0.29) is 23.6 Å². The summed E-state index contributed by atoms with van der Waals surface area (Å²) in [5.41, 5.74) is -1.23. The number of aromatic nitrogens is 2. The van der Waals surface area contributed by atoms with Gasteiger partial charge in [0.15, 0.2) is 0 Å². The third kappa shape index (κ3) is 5.87. The number of fused-ring (bicyclic) bond motifs is 1. The maximum absolute atomic E-state index is 13.5. The Morgan fingerprint density at radius 2 is 1.88 bits per heavy atom. The first-order valence-corrected chi connectivity index (χ1v) is 12.1. The Kier molecular flexibility index (Phi) is 6.47. The third-order valence-corrected chi connectivity index (χ3v) is 6.60. The average Bonchev–Trinajstić information content (AvgIpc) is 3.44. The Morgan fingerprint density at radius 3 is 2.45 bits per heavy atom. The van der Waals surface area contributed by atoms with Gasteiger partial charge in [-0.3, -0.25) is 4.90 Å². The fourth-order valence-electron chi connectivity index (χ4n) is 3.86. The van der Waals surface area contributed by atoms with E-state index in [2.05, 4.69) is 20.2 Å². The highest BCUT2D eigenvalue weighted by molar-refractivity contribution is 7.18. The van der Waals surface area contributed by atoms with Crippen molar-refractivity contribution >= 4 is 33.5 Å². The van der Waals surface area contributed by atoms with Crippen molar-refractivity contribution in [3.8, 4) is 0 Å². The van der Waals surface area contributed by atoms with Crippen molar-refractivity contribution in [2.24, 2.45) is 0 Å². The molecule has 1 saturated heterocycles. The summed E-state index contributed by atoms with van der Waals surface area (Å²) >= 11 is 1.03. The van der Waals surface area contributed by atoms with Gasteiger partial charge in [-0.25, -0.2) is 14.8 Å². The number of amides is 1. The van der Waals surface area contributed by atoms with Crippen LogP contribution in [-0.4, -0.2) is 70.2 Å². The number of nitrogens with one attached hydrogen (secondary N) is 1. The zero-order valence-electron chi connectivity index (χ0n) is 19.3. The molecule has 1 aliphatic heterocycles. The number of alkyl halides is 3. The number of hydrogen-bond donors (Lipinski definition) is 1. The lowest BCUT2D eigenvalue weighted by molar-refractivity contribution is -0.136. The SMILES string of the molecule is C[C@@H](CN1CCN(C(=O)OC(C)(C)C)CC1)Nc1nc(C2CC2)nc2c(C(F)(F)F)csc12. The summed E-state index contributed by atoms with van der Waals surface area (Å²) < 4.78 is 46.3. The largest absolute Gasteiger partial charge is 0.444 e. The van der Waals surface area contributed by atoms with Crippen molar-refractivity contribution < 1.29 is 22.7 Å². The van der Waals surface area contributed by atoms with Crippen LogP contribution in [0.5, 0.6) is 0 Å². The standard InChI is InChI=1S/C22H30F3N5O2S/c1-13(11-29-7-9-30(10-8-29)20(31)32-21(2,3)4)26-19-17-16(15(12-33-17)22(23,24)25)27-18(28-19)14-5-6-14/h12-14H,5-11H2,1-4H3,(H,26,27,28)/t13-/m0/s1. The highest BCUT2D eigenvalue weighted by Crippen LogP contribution is 2.43. The summed E-state index contributed by atoms with van der Waals surface area (Å²) in [6.07, 6.45) is -2.92. The molecule has 2 fully saturated rings. The van der Waals surface area contributed by atoms with Gasteiger partial charge in [0.05, 0.1) is 15.8 Å². The first-order chi connectivity index (χ1) is 15.4. The monoisotopic (exact) mass is 485 g/mol. The van der Waals surface area contributed by atoms with E-state index in [1.165, 1.54) is 0 Å². The quantitative estimate of drug-likeness (QED) is 0.647. The van der Waals surface area contributed by atoms with E-state index >= 15 is 0 Å². The molecule has 2 aromatic heterocycles. The predicted octanol–water partition coefficient (Wildman–Crippen LogP) is 4.94. The second-order valence-electron chi connectivity index (χ2n) is 9.84. The van der Waals surface area contributed by atoms with Crippen molar-refractivity contribution in [1.82, 2.24) is 19.8 Å². The normalized spacial score (nSPS) is 19.1. The van der Waals surface area contributed by atoms with Gasteiger partial charge < -0.3 is 15.0 Å². The van der Waals surface area contributed by atoms with Crippen molar-refractivity contribution in [2.45, 2.75) is 64.3 Å². The molecule has 1 saturated carbocycles. The average molecular weight is 486 g/mol. The first-order valence-electron chi connectivity index (χ1n) is 11.2. The molecule has 0 unspecified atom stereocenters. The zero-order chi connectivity index (χ0) is 24.0. The summed E-state index contributed by atoms with van der Waals surface area (Å²) in [5, 5.41) is 4.46. The van der Waals surface area contributed by atoms with E-state index in [1.54, 1.807) is 4.90 Å². The number of piperazine rings is 1. The maximum Gasteiger partial charge on any atom is 0.419 e. The molecule has 0 spiro atoms. The van der Waals surface area contributed by atoms with Crippen LogP contribution in [0.25, 0.3) is 10.2 Å². The molecule has 11 heteroatoms. The Balaban J connectivity index is 1.41. The number of carbonyl (C=O) groups excluding carboxylic acids is 1. The van der Waals surface area contributed by atoms with Crippen LogP contribution in [0.3, 0.4) is 0 Å². The minimum atomic E-state index is -4.44. The van der Waals surface area contributed by atoms with Crippen molar-refractivity contribution in [1.29, 1.82) is 0 Å². The zero-order valence-corrected chi connectivity index (χ0v) is 20.1. The number of anilines is 1. The van der Waals surface area contributed by atoms with Gasteiger partial charge in [-0.05, 0) is 40.5 Å². The number of rotatable bonds is 5. The molecule has 33 heavy (non-hydrogen) atoms. The van der Waals surface area contributed by atoms with Crippen molar-refractivity contribution in [2.75, 3.05) is 38.0 Å². The highest BCUT2D eigenvalue weighted by Gasteiger charge is 2.37. The molecule has 1 atom stereocenters. The smallest absolute Gasteiger partial charge is 0.419 e. The summed E-state index contributed by atoms with van der Waals surface area (Å²) in [4.78, 5) is 25.1.